The standard InChI is InChI=1S/C22H13F16N3O2/c23-16(24,18(28,29)19(30,31)20(32,33)21(34,35)22(36,37)38)9-10-39-15(42)43-14-7-5-13(6-8-14)41-40-12-3-1-11(2-4-12)17(25,26)27/h1-8H,9-10H2,(H,39,42). The normalized spacial score (nSPS) is 14.2. The van der Waals surface area contributed by atoms with Crippen LogP contribution in [0.3, 0.4) is 0 Å². The summed E-state index contributed by atoms with van der Waals surface area (Å²) >= 11 is 0. The number of hydrogen-bond donors (Lipinski definition) is 1. The molecular weight excluding hydrogens is 642 g/mol. The SMILES string of the molecule is O=C(NCCC(F)(F)C(F)(F)C(F)(F)C(F)(F)C(F)(F)C(F)(F)F)Oc1ccc(N=Nc2ccc(C(F)(F)F)cc2)cc1. The summed E-state index contributed by atoms with van der Waals surface area (Å²) in [6.45, 7) is -1.75. The molecule has 240 valence electrons. The Kier molecular flexibility index (Phi) is 9.63. The van der Waals surface area contributed by atoms with Crippen LogP contribution in [0.15, 0.2) is 58.8 Å². The number of nitrogens with one attached hydrogen (secondary N) is 1. The van der Waals surface area contributed by atoms with Gasteiger partial charge in [-0.3, -0.25) is 0 Å². The van der Waals surface area contributed by atoms with Gasteiger partial charge in [-0.15, -0.1) is 0 Å². The van der Waals surface area contributed by atoms with Gasteiger partial charge in [0.25, 0.3) is 0 Å². The minimum Gasteiger partial charge on any atom is -0.410 e. The van der Waals surface area contributed by atoms with Crippen LogP contribution < -0.4 is 10.1 Å². The van der Waals surface area contributed by atoms with Gasteiger partial charge in [-0.2, -0.15) is 80.5 Å². The van der Waals surface area contributed by atoms with Crippen molar-refractivity contribution in [3.63, 3.8) is 0 Å². The Labute approximate surface area is 228 Å². The summed E-state index contributed by atoms with van der Waals surface area (Å²) in [5, 5.41) is 8.63. The summed E-state index contributed by atoms with van der Waals surface area (Å²) in [5.74, 6) is -38.0. The van der Waals surface area contributed by atoms with Crippen LogP contribution in [0, 0.1) is 0 Å². The number of hydrogen-bond acceptors (Lipinski definition) is 4. The number of halogens is 16. The van der Waals surface area contributed by atoms with Crippen LogP contribution in [-0.2, 0) is 6.18 Å². The number of carbonyl (C=O) groups excluding carboxylic acids is 1. The van der Waals surface area contributed by atoms with Gasteiger partial charge >= 0.3 is 48.1 Å². The van der Waals surface area contributed by atoms with Crippen molar-refractivity contribution in [2.75, 3.05) is 6.54 Å². The van der Waals surface area contributed by atoms with E-state index in [4.69, 9.17) is 0 Å². The van der Waals surface area contributed by atoms with E-state index in [1.54, 1.807) is 0 Å². The number of benzene rings is 2. The van der Waals surface area contributed by atoms with Gasteiger partial charge in [0.15, 0.2) is 0 Å². The Morgan fingerprint density at radius 1 is 0.605 bits per heavy atom. The Morgan fingerprint density at radius 3 is 1.44 bits per heavy atom. The first-order chi connectivity index (χ1) is 19.3. The van der Waals surface area contributed by atoms with Gasteiger partial charge in [0.05, 0.1) is 16.9 Å². The highest BCUT2D eigenvalue weighted by Gasteiger charge is 2.90. The van der Waals surface area contributed by atoms with Crippen LogP contribution in [0.5, 0.6) is 5.75 Å². The molecule has 0 saturated carbocycles. The lowest BCUT2D eigenvalue weighted by atomic mass is 9.92. The van der Waals surface area contributed by atoms with Crippen molar-refractivity contribution >= 4 is 17.5 Å². The molecule has 0 heterocycles. The van der Waals surface area contributed by atoms with Crippen LogP contribution >= 0.6 is 0 Å². The van der Waals surface area contributed by atoms with Crippen molar-refractivity contribution in [2.24, 2.45) is 10.2 Å². The smallest absolute Gasteiger partial charge is 0.410 e. The molecule has 2 aromatic carbocycles. The molecule has 1 N–H and O–H groups in total. The first kappa shape index (κ1) is 35.4. The maximum Gasteiger partial charge on any atom is 0.460 e. The predicted molar refractivity (Wildman–Crippen MR) is 111 cm³/mol. The molecule has 0 aliphatic carbocycles. The van der Waals surface area contributed by atoms with E-state index >= 15 is 0 Å². The molecular formula is C22H13F16N3O2. The van der Waals surface area contributed by atoms with Gasteiger partial charge in [0.2, 0.25) is 0 Å². The Hall–Kier alpha value is -3.81. The van der Waals surface area contributed by atoms with Gasteiger partial charge in [0.1, 0.15) is 5.75 Å². The van der Waals surface area contributed by atoms with Gasteiger partial charge in [-0.1, -0.05) is 0 Å². The fraction of sp³-hybridized carbons (Fsp3) is 0.409. The summed E-state index contributed by atoms with van der Waals surface area (Å²) in [6.07, 6.45) is -16.5. The third kappa shape index (κ3) is 7.23. The van der Waals surface area contributed by atoms with Crippen molar-refractivity contribution in [1.29, 1.82) is 0 Å². The number of nitrogens with zero attached hydrogens (tertiary/aromatic N) is 2. The average Bonchev–Trinajstić information content (AvgIpc) is 2.86. The van der Waals surface area contributed by atoms with Gasteiger partial charge in [-0.25, -0.2) is 4.79 Å². The third-order valence-electron chi connectivity index (χ3n) is 5.23. The van der Waals surface area contributed by atoms with Crippen LogP contribution in [0.4, 0.5) is 86.4 Å². The van der Waals surface area contributed by atoms with Crippen molar-refractivity contribution in [3.8, 4) is 5.75 Å². The van der Waals surface area contributed by atoms with Gasteiger partial charge in [0, 0.05) is 13.0 Å². The molecule has 2 aromatic rings. The second-order valence-electron chi connectivity index (χ2n) is 8.30. The molecule has 0 aliphatic rings. The molecule has 0 radical (unpaired) electrons. The zero-order valence-electron chi connectivity index (χ0n) is 20.3. The molecule has 0 aliphatic heterocycles. The fourth-order valence-electron chi connectivity index (χ4n) is 2.84. The number of amides is 1. The van der Waals surface area contributed by atoms with E-state index in [1.807, 2.05) is 0 Å². The lowest BCUT2D eigenvalue weighted by Gasteiger charge is -2.39. The largest absolute Gasteiger partial charge is 0.460 e. The Balaban J connectivity index is 2.00. The molecule has 0 spiro atoms. The van der Waals surface area contributed by atoms with Crippen LogP contribution in [-0.4, -0.2) is 48.4 Å². The van der Waals surface area contributed by atoms with Crippen molar-refractivity contribution in [2.45, 2.75) is 48.4 Å². The van der Waals surface area contributed by atoms with Crippen LogP contribution in [0.2, 0.25) is 0 Å². The molecule has 0 unspecified atom stereocenters. The molecule has 0 fully saturated rings. The molecule has 5 nitrogen and oxygen atoms in total. The zero-order chi connectivity index (χ0) is 33.3. The highest BCUT2D eigenvalue weighted by molar-refractivity contribution is 5.70. The molecule has 1 amide bonds. The summed E-state index contributed by atoms with van der Waals surface area (Å²) in [6, 6.07) is 7.62. The molecule has 2 rings (SSSR count). The zero-order valence-corrected chi connectivity index (χ0v) is 20.3. The summed E-state index contributed by atoms with van der Waals surface area (Å²) in [7, 11) is 0. The lowest BCUT2D eigenvalue weighted by Crippen LogP contribution is -2.70. The van der Waals surface area contributed by atoms with Crippen LogP contribution in [0.25, 0.3) is 0 Å². The maximum atomic E-state index is 13.8. The molecule has 0 saturated heterocycles. The number of rotatable bonds is 10. The Morgan fingerprint density at radius 2 is 1.02 bits per heavy atom. The van der Waals surface area contributed by atoms with E-state index in [1.165, 1.54) is 5.32 Å². The van der Waals surface area contributed by atoms with Gasteiger partial charge < -0.3 is 10.1 Å². The quantitative estimate of drug-likeness (QED) is 0.205. The molecule has 43 heavy (non-hydrogen) atoms. The number of ether oxygens (including phenoxy) is 1. The number of azo groups is 1. The molecule has 0 atom stereocenters. The highest BCUT2D eigenvalue weighted by atomic mass is 19.4. The lowest BCUT2D eigenvalue weighted by molar-refractivity contribution is -0.440. The number of carbonyl (C=O) groups is 1. The van der Waals surface area contributed by atoms with Crippen LogP contribution in [0.1, 0.15) is 12.0 Å². The summed E-state index contributed by atoms with van der Waals surface area (Å²) in [5.41, 5.74) is -0.914. The summed E-state index contributed by atoms with van der Waals surface area (Å²) < 4.78 is 212. The van der Waals surface area contributed by atoms with Crippen molar-refractivity contribution < 1.29 is 79.8 Å². The highest BCUT2D eigenvalue weighted by Crippen LogP contribution is 2.60. The monoisotopic (exact) mass is 655 g/mol. The number of alkyl halides is 16. The average molecular weight is 655 g/mol. The molecule has 0 aromatic heterocycles. The fourth-order valence-corrected chi connectivity index (χ4v) is 2.84. The Bertz CT molecular complexity index is 1290. The van der Waals surface area contributed by atoms with E-state index in [-0.39, 0.29) is 11.4 Å². The molecule has 21 heteroatoms. The second-order valence-corrected chi connectivity index (χ2v) is 8.30. The maximum absolute atomic E-state index is 13.8. The minimum atomic E-state index is -8.03. The predicted octanol–water partition coefficient (Wildman–Crippen LogP) is 9.34. The van der Waals surface area contributed by atoms with E-state index in [0.717, 1.165) is 48.5 Å². The third-order valence-corrected chi connectivity index (χ3v) is 5.23. The molecule has 0 bridgehead atoms. The second kappa shape index (κ2) is 11.7. The van der Waals surface area contributed by atoms with E-state index in [9.17, 15) is 75.0 Å². The minimum absolute atomic E-state index is 0.00521. The first-order valence-corrected chi connectivity index (χ1v) is 10.9. The van der Waals surface area contributed by atoms with Gasteiger partial charge in [-0.05, 0) is 48.5 Å². The topological polar surface area (TPSA) is 63.0 Å². The first-order valence-electron chi connectivity index (χ1n) is 10.9. The summed E-state index contributed by atoms with van der Waals surface area (Å²) in [4.78, 5) is 11.7. The van der Waals surface area contributed by atoms with E-state index in [2.05, 4.69) is 15.0 Å². The van der Waals surface area contributed by atoms with Crippen molar-refractivity contribution in [1.82, 2.24) is 5.32 Å². The van der Waals surface area contributed by atoms with Crippen molar-refractivity contribution in [3.05, 3.63) is 54.1 Å². The van der Waals surface area contributed by atoms with E-state index < -0.39 is 72.3 Å². The van der Waals surface area contributed by atoms with E-state index in [0.29, 0.717) is 0 Å².